The van der Waals surface area contributed by atoms with Gasteiger partial charge in [-0.25, -0.2) is 9.78 Å². The van der Waals surface area contributed by atoms with E-state index >= 15 is 0 Å². The fraction of sp³-hybridized carbons (Fsp3) is 0.556. The Bertz CT molecular complexity index is 750. The average Bonchev–Trinajstić information content (AvgIpc) is 2.93. The molecule has 0 bridgehead atoms. The third kappa shape index (κ3) is 4.70. The monoisotopic (exact) mass is 346 g/mol. The normalized spacial score (nSPS) is 21.3. The molecule has 0 saturated carbocycles. The summed E-state index contributed by atoms with van der Waals surface area (Å²) in [5, 5.41) is 6.26. The lowest BCUT2D eigenvalue weighted by atomic mass is 10.1. The minimum Gasteiger partial charge on any atom is -0.444 e. The molecule has 2 aromatic heterocycles. The smallest absolute Gasteiger partial charge is 0.407 e. The standard InChI is InChI=1S/C18H26N4O3/c1-12-10-24-11-15(20-12)13-5-6-16-21-14(9-22(16)8-13)7-19-17(23)25-18(2,3)4/h5-6,8-9,12,15,20H,7,10-11H2,1-4H3,(H,19,23). The molecule has 1 amide bonds. The van der Waals surface area contributed by atoms with Crippen LogP contribution >= 0.6 is 0 Å². The number of hydrogen-bond donors (Lipinski definition) is 2. The number of imidazole rings is 1. The summed E-state index contributed by atoms with van der Waals surface area (Å²) in [6.07, 6.45) is 3.53. The van der Waals surface area contributed by atoms with Crippen molar-refractivity contribution in [1.82, 2.24) is 20.0 Å². The number of carbonyl (C=O) groups excluding carboxylic acids is 1. The molecule has 1 saturated heterocycles. The van der Waals surface area contributed by atoms with Crippen molar-refractivity contribution in [2.75, 3.05) is 13.2 Å². The molecule has 3 heterocycles. The van der Waals surface area contributed by atoms with Crippen molar-refractivity contribution in [2.45, 2.75) is 51.9 Å². The predicted molar refractivity (Wildman–Crippen MR) is 94.4 cm³/mol. The Labute approximate surface area is 147 Å². The fourth-order valence-electron chi connectivity index (χ4n) is 2.82. The second-order valence-corrected chi connectivity index (χ2v) is 7.47. The van der Waals surface area contributed by atoms with Crippen LogP contribution in [-0.2, 0) is 16.0 Å². The van der Waals surface area contributed by atoms with Crippen LogP contribution in [0.1, 0.15) is 45.0 Å². The van der Waals surface area contributed by atoms with Gasteiger partial charge in [-0.05, 0) is 39.3 Å². The number of rotatable bonds is 3. The number of fused-ring (bicyclic) bond motifs is 1. The van der Waals surface area contributed by atoms with Crippen LogP contribution in [0.3, 0.4) is 0 Å². The second kappa shape index (κ2) is 7.01. The number of morpholine rings is 1. The summed E-state index contributed by atoms with van der Waals surface area (Å²) in [5.41, 5.74) is 2.27. The number of amides is 1. The fourth-order valence-corrected chi connectivity index (χ4v) is 2.82. The van der Waals surface area contributed by atoms with Crippen LogP contribution in [0.5, 0.6) is 0 Å². The molecule has 3 rings (SSSR count). The molecule has 1 aliphatic rings. The van der Waals surface area contributed by atoms with Crippen molar-refractivity contribution in [2.24, 2.45) is 0 Å². The topological polar surface area (TPSA) is 76.9 Å². The molecule has 0 aliphatic carbocycles. The highest BCUT2D eigenvalue weighted by Crippen LogP contribution is 2.19. The maximum absolute atomic E-state index is 11.7. The highest BCUT2D eigenvalue weighted by Gasteiger charge is 2.20. The molecule has 0 aromatic carbocycles. The van der Waals surface area contributed by atoms with Crippen LogP contribution in [0.2, 0.25) is 0 Å². The van der Waals surface area contributed by atoms with Gasteiger partial charge in [0, 0.05) is 18.4 Å². The highest BCUT2D eigenvalue weighted by atomic mass is 16.6. The SMILES string of the molecule is CC1COCC(c2ccc3nc(CNC(=O)OC(C)(C)C)cn3c2)N1. The minimum atomic E-state index is -0.510. The maximum Gasteiger partial charge on any atom is 0.407 e. The third-order valence-corrected chi connectivity index (χ3v) is 3.88. The lowest BCUT2D eigenvalue weighted by molar-refractivity contribution is 0.0503. The first-order chi connectivity index (χ1) is 11.8. The number of aromatic nitrogens is 2. The first kappa shape index (κ1) is 17.7. The Hall–Kier alpha value is -2.12. The van der Waals surface area contributed by atoms with Crippen LogP contribution < -0.4 is 10.6 Å². The van der Waals surface area contributed by atoms with E-state index in [0.29, 0.717) is 19.2 Å². The maximum atomic E-state index is 11.7. The van der Waals surface area contributed by atoms with Gasteiger partial charge >= 0.3 is 6.09 Å². The van der Waals surface area contributed by atoms with Crippen molar-refractivity contribution in [3.8, 4) is 0 Å². The first-order valence-electron chi connectivity index (χ1n) is 8.58. The molecule has 25 heavy (non-hydrogen) atoms. The summed E-state index contributed by atoms with van der Waals surface area (Å²) in [4.78, 5) is 16.3. The summed E-state index contributed by atoms with van der Waals surface area (Å²) in [6.45, 7) is 9.35. The Morgan fingerprint density at radius 3 is 2.92 bits per heavy atom. The van der Waals surface area contributed by atoms with Crippen molar-refractivity contribution in [3.05, 3.63) is 35.8 Å². The van der Waals surface area contributed by atoms with E-state index in [1.54, 1.807) is 0 Å². The molecule has 2 unspecified atom stereocenters. The van der Waals surface area contributed by atoms with Gasteiger partial charge in [-0.3, -0.25) is 0 Å². The van der Waals surface area contributed by atoms with E-state index in [9.17, 15) is 4.79 Å². The van der Waals surface area contributed by atoms with Gasteiger partial charge < -0.3 is 24.5 Å². The average molecular weight is 346 g/mol. The van der Waals surface area contributed by atoms with Crippen LogP contribution in [0.25, 0.3) is 5.65 Å². The van der Waals surface area contributed by atoms with Crippen molar-refractivity contribution >= 4 is 11.7 Å². The number of nitrogens with one attached hydrogen (secondary N) is 2. The number of nitrogens with zero attached hydrogens (tertiary/aromatic N) is 2. The molecule has 0 radical (unpaired) electrons. The molecule has 2 N–H and O–H groups in total. The van der Waals surface area contributed by atoms with Gasteiger partial charge in [-0.1, -0.05) is 6.07 Å². The molecule has 1 fully saturated rings. The van der Waals surface area contributed by atoms with Crippen LogP contribution in [0.15, 0.2) is 24.5 Å². The summed E-state index contributed by atoms with van der Waals surface area (Å²) >= 11 is 0. The highest BCUT2D eigenvalue weighted by molar-refractivity contribution is 5.67. The minimum absolute atomic E-state index is 0.180. The van der Waals surface area contributed by atoms with E-state index < -0.39 is 11.7 Å². The summed E-state index contributed by atoms with van der Waals surface area (Å²) in [5.74, 6) is 0. The van der Waals surface area contributed by atoms with Gasteiger partial charge in [0.25, 0.3) is 0 Å². The number of alkyl carbamates (subject to hydrolysis) is 1. The van der Waals surface area contributed by atoms with E-state index in [0.717, 1.165) is 23.5 Å². The Morgan fingerprint density at radius 2 is 2.20 bits per heavy atom. The van der Waals surface area contributed by atoms with Crippen molar-refractivity contribution in [3.63, 3.8) is 0 Å². The largest absolute Gasteiger partial charge is 0.444 e. The van der Waals surface area contributed by atoms with Gasteiger partial charge in [0.15, 0.2) is 0 Å². The Morgan fingerprint density at radius 1 is 1.40 bits per heavy atom. The van der Waals surface area contributed by atoms with E-state index in [1.807, 2.05) is 37.4 Å². The van der Waals surface area contributed by atoms with Crippen molar-refractivity contribution in [1.29, 1.82) is 0 Å². The molecular formula is C18H26N4O3. The summed E-state index contributed by atoms with van der Waals surface area (Å²) in [7, 11) is 0. The molecule has 7 heteroatoms. The molecule has 2 atom stereocenters. The van der Waals surface area contributed by atoms with Gasteiger partial charge in [-0.2, -0.15) is 0 Å². The number of ether oxygens (including phenoxy) is 2. The predicted octanol–water partition coefficient (Wildman–Crippen LogP) is 2.41. The van der Waals surface area contributed by atoms with Crippen LogP contribution in [0, 0.1) is 0 Å². The van der Waals surface area contributed by atoms with E-state index in [-0.39, 0.29) is 6.04 Å². The molecule has 1 aliphatic heterocycles. The van der Waals surface area contributed by atoms with Crippen molar-refractivity contribution < 1.29 is 14.3 Å². The van der Waals surface area contributed by atoms with Gasteiger partial charge in [0.2, 0.25) is 0 Å². The lowest BCUT2D eigenvalue weighted by Gasteiger charge is -2.29. The van der Waals surface area contributed by atoms with Gasteiger partial charge in [-0.15, -0.1) is 0 Å². The Kier molecular flexibility index (Phi) is 4.96. The quantitative estimate of drug-likeness (QED) is 0.892. The second-order valence-electron chi connectivity index (χ2n) is 7.47. The van der Waals surface area contributed by atoms with Gasteiger partial charge in [0.1, 0.15) is 11.2 Å². The Balaban J connectivity index is 1.67. The van der Waals surface area contributed by atoms with E-state index in [4.69, 9.17) is 9.47 Å². The summed E-state index contributed by atoms with van der Waals surface area (Å²) < 4.78 is 12.8. The zero-order valence-electron chi connectivity index (χ0n) is 15.2. The number of carbonyl (C=O) groups is 1. The zero-order valence-corrected chi connectivity index (χ0v) is 15.2. The number of pyridine rings is 1. The summed E-state index contributed by atoms with van der Waals surface area (Å²) in [6, 6.07) is 4.56. The third-order valence-electron chi connectivity index (χ3n) is 3.88. The van der Waals surface area contributed by atoms with Crippen LogP contribution in [0.4, 0.5) is 4.79 Å². The van der Waals surface area contributed by atoms with Gasteiger partial charge in [0.05, 0.1) is 31.5 Å². The lowest BCUT2D eigenvalue weighted by Crippen LogP contribution is -2.41. The molecule has 2 aromatic rings. The molecule has 0 spiro atoms. The van der Waals surface area contributed by atoms with E-state index in [1.165, 1.54) is 0 Å². The number of hydrogen-bond acceptors (Lipinski definition) is 5. The first-order valence-corrected chi connectivity index (χ1v) is 8.58. The van der Waals surface area contributed by atoms with Crippen LogP contribution in [-0.4, -0.2) is 40.3 Å². The molecule has 136 valence electrons. The van der Waals surface area contributed by atoms with E-state index in [2.05, 4.69) is 34.8 Å². The molecule has 7 nitrogen and oxygen atoms in total. The zero-order chi connectivity index (χ0) is 18.0. The molecular weight excluding hydrogens is 320 g/mol.